The first-order valence-electron chi connectivity index (χ1n) is 8.66. The first kappa shape index (κ1) is 20.2. The molecule has 2 aliphatic heterocycles. The molecule has 1 aromatic carbocycles. The number of aryl methyl sites for hydroxylation is 1. The van der Waals surface area contributed by atoms with Gasteiger partial charge in [0.15, 0.2) is 0 Å². The average Bonchev–Trinajstić information content (AvgIpc) is 2.60. The standard InChI is InChI=1S/C18H24BrN3O2.ClH/c19-15-4-1-3-14(11-15)6-7-17(23)21-9-2-5-16(13-21)22-10-8-20-12-18(22)24;/h1,3-4,11,16,20H,2,5-10,12-13H2;1H. The number of piperidine rings is 1. The Hall–Kier alpha value is -1.11. The number of amides is 2. The zero-order valence-corrected chi connectivity index (χ0v) is 16.7. The minimum absolute atomic E-state index is 0. The van der Waals surface area contributed by atoms with Crippen molar-refractivity contribution in [2.45, 2.75) is 31.7 Å². The second-order valence-electron chi connectivity index (χ2n) is 6.53. The molecular weight excluding hydrogens is 406 g/mol. The highest BCUT2D eigenvalue weighted by molar-refractivity contribution is 9.10. The van der Waals surface area contributed by atoms with Crippen LogP contribution in [0.4, 0.5) is 0 Å². The summed E-state index contributed by atoms with van der Waals surface area (Å²) in [6.07, 6.45) is 3.26. The molecule has 0 spiro atoms. The van der Waals surface area contributed by atoms with Crippen molar-refractivity contribution in [3.05, 3.63) is 34.3 Å². The molecule has 25 heavy (non-hydrogen) atoms. The fraction of sp³-hybridized carbons (Fsp3) is 0.556. The fourth-order valence-electron chi connectivity index (χ4n) is 3.54. The van der Waals surface area contributed by atoms with Crippen LogP contribution in [-0.4, -0.2) is 60.4 Å². The van der Waals surface area contributed by atoms with Crippen molar-refractivity contribution in [1.29, 1.82) is 0 Å². The molecule has 1 N–H and O–H groups in total. The Kier molecular flexibility index (Phi) is 7.72. The van der Waals surface area contributed by atoms with E-state index < -0.39 is 0 Å². The van der Waals surface area contributed by atoms with Gasteiger partial charge >= 0.3 is 0 Å². The molecule has 0 radical (unpaired) electrons. The lowest BCUT2D eigenvalue weighted by atomic mass is 10.0. The van der Waals surface area contributed by atoms with Crippen LogP contribution in [-0.2, 0) is 16.0 Å². The Morgan fingerprint density at radius 2 is 2.16 bits per heavy atom. The molecule has 2 aliphatic rings. The fourth-order valence-corrected chi connectivity index (χ4v) is 3.99. The molecule has 0 bridgehead atoms. The number of hydrogen-bond donors (Lipinski definition) is 1. The maximum Gasteiger partial charge on any atom is 0.236 e. The van der Waals surface area contributed by atoms with Crippen LogP contribution in [0.25, 0.3) is 0 Å². The molecule has 0 saturated carbocycles. The quantitative estimate of drug-likeness (QED) is 0.797. The third kappa shape index (κ3) is 5.43. The predicted octanol–water partition coefficient (Wildman–Crippen LogP) is 2.23. The van der Waals surface area contributed by atoms with E-state index in [4.69, 9.17) is 0 Å². The third-order valence-corrected chi connectivity index (χ3v) is 5.33. The number of carbonyl (C=O) groups excluding carboxylic acids is 2. The first-order valence-corrected chi connectivity index (χ1v) is 9.45. The largest absolute Gasteiger partial charge is 0.341 e. The number of hydrogen-bond acceptors (Lipinski definition) is 3. The van der Waals surface area contributed by atoms with Gasteiger partial charge in [0.2, 0.25) is 11.8 Å². The summed E-state index contributed by atoms with van der Waals surface area (Å²) in [6.45, 7) is 3.52. The zero-order chi connectivity index (χ0) is 16.9. The van der Waals surface area contributed by atoms with Crippen molar-refractivity contribution in [3.8, 4) is 0 Å². The molecule has 1 aromatic rings. The summed E-state index contributed by atoms with van der Waals surface area (Å²) >= 11 is 3.47. The summed E-state index contributed by atoms with van der Waals surface area (Å²) in [5.41, 5.74) is 1.17. The lowest BCUT2D eigenvalue weighted by molar-refractivity contribution is -0.140. The summed E-state index contributed by atoms with van der Waals surface area (Å²) in [5, 5.41) is 3.10. The maximum absolute atomic E-state index is 12.6. The molecular formula is C18H25BrClN3O2. The van der Waals surface area contributed by atoms with Gasteiger partial charge in [0.05, 0.1) is 6.54 Å². The highest BCUT2D eigenvalue weighted by atomic mass is 79.9. The summed E-state index contributed by atoms with van der Waals surface area (Å²) in [6, 6.07) is 8.28. The Morgan fingerprint density at radius 3 is 2.92 bits per heavy atom. The minimum Gasteiger partial charge on any atom is -0.341 e. The van der Waals surface area contributed by atoms with Gasteiger partial charge in [0.1, 0.15) is 0 Å². The van der Waals surface area contributed by atoms with Crippen molar-refractivity contribution in [2.75, 3.05) is 32.7 Å². The zero-order valence-electron chi connectivity index (χ0n) is 14.2. The van der Waals surface area contributed by atoms with Crippen LogP contribution in [0.3, 0.4) is 0 Å². The van der Waals surface area contributed by atoms with Crippen LogP contribution in [0.2, 0.25) is 0 Å². The Morgan fingerprint density at radius 1 is 1.32 bits per heavy atom. The second-order valence-corrected chi connectivity index (χ2v) is 7.45. The Balaban J connectivity index is 0.00000225. The van der Waals surface area contributed by atoms with E-state index in [1.165, 1.54) is 5.56 Å². The number of piperazine rings is 1. The van der Waals surface area contributed by atoms with Gasteiger partial charge in [-0.05, 0) is 37.0 Å². The summed E-state index contributed by atoms with van der Waals surface area (Å²) in [7, 11) is 0. The van der Waals surface area contributed by atoms with Crippen molar-refractivity contribution in [1.82, 2.24) is 15.1 Å². The van der Waals surface area contributed by atoms with E-state index in [1.54, 1.807) is 0 Å². The lowest BCUT2D eigenvalue weighted by Crippen LogP contribution is -2.57. The molecule has 3 rings (SSSR count). The molecule has 0 aliphatic carbocycles. The highest BCUT2D eigenvalue weighted by Crippen LogP contribution is 2.19. The maximum atomic E-state index is 12.6. The van der Waals surface area contributed by atoms with Gasteiger partial charge in [0.25, 0.3) is 0 Å². The van der Waals surface area contributed by atoms with Gasteiger partial charge in [-0.1, -0.05) is 28.1 Å². The van der Waals surface area contributed by atoms with Gasteiger partial charge < -0.3 is 15.1 Å². The number of rotatable bonds is 4. The first-order chi connectivity index (χ1) is 11.6. The number of carbonyl (C=O) groups is 2. The van der Waals surface area contributed by atoms with E-state index in [0.717, 1.165) is 43.4 Å². The Labute approximate surface area is 163 Å². The number of nitrogens with one attached hydrogen (secondary N) is 1. The van der Waals surface area contributed by atoms with Gasteiger partial charge in [-0.2, -0.15) is 0 Å². The SMILES string of the molecule is Cl.O=C(CCc1cccc(Br)c1)N1CCCC(N2CCNCC2=O)C1. The van der Waals surface area contributed by atoms with E-state index in [1.807, 2.05) is 21.9 Å². The normalized spacial score (nSPS) is 21.0. The van der Waals surface area contributed by atoms with Crippen LogP contribution >= 0.6 is 28.3 Å². The van der Waals surface area contributed by atoms with Gasteiger partial charge in [-0.3, -0.25) is 9.59 Å². The van der Waals surface area contributed by atoms with Gasteiger partial charge in [0, 0.05) is 43.1 Å². The van der Waals surface area contributed by atoms with E-state index in [2.05, 4.69) is 33.4 Å². The van der Waals surface area contributed by atoms with Crippen LogP contribution in [0.5, 0.6) is 0 Å². The molecule has 5 nitrogen and oxygen atoms in total. The van der Waals surface area contributed by atoms with E-state index in [-0.39, 0.29) is 30.3 Å². The molecule has 138 valence electrons. The van der Waals surface area contributed by atoms with Crippen molar-refractivity contribution in [2.24, 2.45) is 0 Å². The van der Waals surface area contributed by atoms with Crippen LogP contribution < -0.4 is 5.32 Å². The number of nitrogens with zero attached hydrogens (tertiary/aromatic N) is 2. The molecule has 2 amide bonds. The average molecular weight is 431 g/mol. The van der Waals surface area contributed by atoms with Crippen molar-refractivity contribution >= 4 is 40.2 Å². The monoisotopic (exact) mass is 429 g/mol. The number of halogens is 2. The highest BCUT2D eigenvalue weighted by Gasteiger charge is 2.31. The van der Waals surface area contributed by atoms with Crippen LogP contribution in [0.1, 0.15) is 24.8 Å². The van der Waals surface area contributed by atoms with Crippen LogP contribution in [0.15, 0.2) is 28.7 Å². The summed E-state index contributed by atoms with van der Waals surface area (Å²) < 4.78 is 1.04. The van der Waals surface area contributed by atoms with Crippen molar-refractivity contribution in [3.63, 3.8) is 0 Å². The molecule has 1 atom stereocenters. The topological polar surface area (TPSA) is 52.7 Å². The summed E-state index contributed by atoms with van der Waals surface area (Å²) in [4.78, 5) is 28.5. The van der Waals surface area contributed by atoms with Crippen molar-refractivity contribution < 1.29 is 9.59 Å². The van der Waals surface area contributed by atoms with E-state index in [0.29, 0.717) is 19.5 Å². The molecule has 2 heterocycles. The molecule has 7 heteroatoms. The van der Waals surface area contributed by atoms with E-state index >= 15 is 0 Å². The van der Waals surface area contributed by atoms with Gasteiger partial charge in [-0.15, -0.1) is 12.4 Å². The van der Waals surface area contributed by atoms with E-state index in [9.17, 15) is 9.59 Å². The molecule has 2 fully saturated rings. The van der Waals surface area contributed by atoms with Crippen LogP contribution in [0, 0.1) is 0 Å². The Bertz CT molecular complexity index is 614. The van der Waals surface area contributed by atoms with Gasteiger partial charge in [-0.25, -0.2) is 0 Å². The molecule has 0 aromatic heterocycles. The third-order valence-electron chi connectivity index (χ3n) is 4.83. The minimum atomic E-state index is 0. The molecule has 2 saturated heterocycles. The summed E-state index contributed by atoms with van der Waals surface area (Å²) in [5.74, 6) is 0.358. The molecule has 1 unspecified atom stereocenters. The smallest absolute Gasteiger partial charge is 0.236 e. The number of benzene rings is 1. The predicted molar refractivity (Wildman–Crippen MR) is 104 cm³/mol. The number of likely N-dealkylation sites (tertiary alicyclic amines) is 1. The lowest BCUT2D eigenvalue weighted by Gasteiger charge is -2.41. The second kappa shape index (κ2) is 9.55.